The van der Waals surface area contributed by atoms with Crippen LogP contribution in [-0.4, -0.2) is 30.0 Å². The van der Waals surface area contributed by atoms with Crippen molar-refractivity contribution in [3.05, 3.63) is 64.9 Å². The van der Waals surface area contributed by atoms with Gasteiger partial charge in [0.2, 0.25) is 0 Å². The highest BCUT2D eigenvalue weighted by atomic mass is 35.5. The van der Waals surface area contributed by atoms with E-state index in [0.717, 1.165) is 5.75 Å². The number of nitrogens with zero attached hydrogens (tertiary/aromatic N) is 1. The molecule has 0 spiro atoms. The molecule has 1 fully saturated rings. The van der Waals surface area contributed by atoms with Gasteiger partial charge in [-0.2, -0.15) is 0 Å². The molecule has 0 unspecified atom stereocenters. The Morgan fingerprint density at radius 1 is 1.13 bits per heavy atom. The Labute approximate surface area is 139 Å². The Hall–Kier alpha value is -2.07. The fourth-order valence-corrected chi connectivity index (χ4v) is 2.89. The third-order valence-electron chi connectivity index (χ3n) is 3.93. The van der Waals surface area contributed by atoms with Crippen LogP contribution >= 0.6 is 11.6 Å². The molecule has 23 heavy (non-hydrogen) atoms. The van der Waals surface area contributed by atoms with Crippen LogP contribution in [0.5, 0.6) is 5.75 Å². The van der Waals surface area contributed by atoms with Crippen LogP contribution in [0.1, 0.15) is 23.2 Å². The molecule has 0 aromatic heterocycles. The quantitative estimate of drug-likeness (QED) is 0.844. The van der Waals surface area contributed by atoms with Crippen LogP contribution in [0.2, 0.25) is 5.02 Å². The lowest BCUT2D eigenvalue weighted by molar-refractivity contribution is 0.0591. The summed E-state index contributed by atoms with van der Waals surface area (Å²) >= 11 is 5.94. The number of likely N-dealkylation sites (tertiary alicyclic amines) is 1. The minimum atomic E-state index is -0.477. The second-order valence-corrected chi connectivity index (χ2v) is 5.98. The molecule has 1 aliphatic heterocycles. The minimum absolute atomic E-state index is 0.0399. The maximum Gasteiger partial charge on any atom is 0.256 e. The molecule has 0 bridgehead atoms. The van der Waals surface area contributed by atoms with E-state index in [1.807, 2.05) is 12.1 Å². The zero-order valence-electron chi connectivity index (χ0n) is 12.5. The topological polar surface area (TPSA) is 29.5 Å². The highest BCUT2D eigenvalue weighted by molar-refractivity contribution is 6.30. The van der Waals surface area contributed by atoms with E-state index in [9.17, 15) is 9.18 Å². The number of piperidine rings is 1. The summed E-state index contributed by atoms with van der Waals surface area (Å²) in [4.78, 5) is 14.0. The molecule has 0 saturated carbocycles. The standard InChI is InChI=1S/C18H17ClFNO2/c19-13-4-3-5-15(12-13)23-14-8-10-21(11-9-14)18(22)16-6-1-2-7-17(16)20/h1-7,12,14H,8-11H2. The second kappa shape index (κ2) is 7.01. The van der Waals surface area contributed by atoms with Crippen LogP contribution in [-0.2, 0) is 0 Å². The number of rotatable bonds is 3. The first-order valence-electron chi connectivity index (χ1n) is 7.59. The largest absolute Gasteiger partial charge is 0.490 e. The van der Waals surface area contributed by atoms with Gasteiger partial charge in [-0.1, -0.05) is 29.8 Å². The second-order valence-electron chi connectivity index (χ2n) is 5.55. The molecular formula is C18H17ClFNO2. The van der Waals surface area contributed by atoms with Gasteiger partial charge in [0, 0.05) is 31.0 Å². The number of hydrogen-bond acceptors (Lipinski definition) is 2. The predicted molar refractivity (Wildman–Crippen MR) is 87.4 cm³/mol. The first-order chi connectivity index (χ1) is 11.1. The summed E-state index contributed by atoms with van der Waals surface area (Å²) in [5, 5.41) is 0.634. The van der Waals surface area contributed by atoms with Crippen molar-refractivity contribution >= 4 is 17.5 Å². The summed E-state index contributed by atoms with van der Waals surface area (Å²) in [6.07, 6.45) is 1.47. The summed E-state index contributed by atoms with van der Waals surface area (Å²) in [5.41, 5.74) is 0.127. The van der Waals surface area contributed by atoms with E-state index in [2.05, 4.69) is 0 Å². The van der Waals surface area contributed by atoms with Crippen LogP contribution < -0.4 is 4.74 Å². The van der Waals surface area contributed by atoms with Crippen LogP contribution in [0.15, 0.2) is 48.5 Å². The Bertz CT molecular complexity index is 699. The van der Waals surface area contributed by atoms with Crippen LogP contribution in [0.4, 0.5) is 4.39 Å². The summed E-state index contributed by atoms with van der Waals surface area (Å²) in [6, 6.07) is 13.4. The van der Waals surface area contributed by atoms with Gasteiger partial charge < -0.3 is 9.64 Å². The average molecular weight is 334 g/mol. The zero-order chi connectivity index (χ0) is 16.2. The van der Waals surface area contributed by atoms with Crippen molar-refractivity contribution in [3.63, 3.8) is 0 Å². The predicted octanol–water partition coefficient (Wildman–Crippen LogP) is 4.16. The monoisotopic (exact) mass is 333 g/mol. The number of amides is 1. The third kappa shape index (κ3) is 3.82. The van der Waals surface area contributed by atoms with Crippen molar-refractivity contribution in [2.75, 3.05) is 13.1 Å². The van der Waals surface area contributed by atoms with Crippen LogP contribution in [0.25, 0.3) is 0 Å². The van der Waals surface area contributed by atoms with E-state index in [0.29, 0.717) is 31.0 Å². The van der Waals surface area contributed by atoms with Crippen molar-refractivity contribution in [1.82, 2.24) is 4.90 Å². The van der Waals surface area contributed by atoms with E-state index in [-0.39, 0.29) is 17.6 Å². The molecule has 1 amide bonds. The molecule has 3 rings (SSSR count). The summed E-state index contributed by atoms with van der Waals surface area (Å²) < 4.78 is 19.6. The molecule has 0 N–H and O–H groups in total. The smallest absolute Gasteiger partial charge is 0.256 e. The van der Waals surface area contributed by atoms with Gasteiger partial charge in [0.1, 0.15) is 17.7 Å². The molecule has 120 valence electrons. The van der Waals surface area contributed by atoms with Gasteiger partial charge in [-0.15, -0.1) is 0 Å². The van der Waals surface area contributed by atoms with Gasteiger partial charge in [0.15, 0.2) is 0 Å². The van der Waals surface area contributed by atoms with E-state index in [1.165, 1.54) is 12.1 Å². The Kier molecular flexibility index (Phi) is 4.82. The van der Waals surface area contributed by atoms with Crippen molar-refractivity contribution in [2.24, 2.45) is 0 Å². The van der Waals surface area contributed by atoms with Gasteiger partial charge in [-0.25, -0.2) is 4.39 Å². The van der Waals surface area contributed by atoms with Crippen molar-refractivity contribution in [2.45, 2.75) is 18.9 Å². The molecule has 1 saturated heterocycles. The minimum Gasteiger partial charge on any atom is -0.490 e. The fraction of sp³-hybridized carbons (Fsp3) is 0.278. The fourth-order valence-electron chi connectivity index (χ4n) is 2.71. The van der Waals surface area contributed by atoms with Gasteiger partial charge in [-0.05, 0) is 30.3 Å². The molecule has 0 atom stereocenters. The maximum atomic E-state index is 13.7. The Morgan fingerprint density at radius 2 is 1.87 bits per heavy atom. The molecule has 2 aromatic carbocycles. The summed E-state index contributed by atoms with van der Waals surface area (Å²) in [7, 11) is 0. The van der Waals surface area contributed by atoms with Gasteiger partial charge in [0.25, 0.3) is 5.91 Å². The van der Waals surface area contributed by atoms with E-state index in [1.54, 1.807) is 29.2 Å². The van der Waals surface area contributed by atoms with Crippen molar-refractivity contribution in [1.29, 1.82) is 0 Å². The lowest BCUT2D eigenvalue weighted by atomic mass is 10.1. The first kappa shape index (κ1) is 15.8. The van der Waals surface area contributed by atoms with Crippen molar-refractivity contribution < 1.29 is 13.9 Å². The van der Waals surface area contributed by atoms with Gasteiger partial charge in [-0.3, -0.25) is 4.79 Å². The Morgan fingerprint density at radius 3 is 2.57 bits per heavy atom. The number of carbonyl (C=O) groups excluding carboxylic acids is 1. The van der Waals surface area contributed by atoms with E-state index < -0.39 is 5.82 Å². The lowest BCUT2D eigenvalue weighted by Gasteiger charge is -2.32. The van der Waals surface area contributed by atoms with Crippen LogP contribution in [0, 0.1) is 5.82 Å². The first-order valence-corrected chi connectivity index (χ1v) is 7.97. The highest BCUT2D eigenvalue weighted by Gasteiger charge is 2.26. The number of halogens is 2. The summed E-state index contributed by atoms with van der Waals surface area (Å²) in [6.45, 7) is 1.11. The molecule has 1 heterocycles. The van der Waals surface area contributed by atoms with Gasteiger partial charge >= 0.3 is 0 Å². The molecule has 2 aromatic rings. The number of benzene rings is 2. The number of carbonyl (C=O) groups is 1. The number of ether oxygens (including phenoxy) is 1. The maximum absolute atomic E-state index is 13.7. The highest BCUT2D eigenvalue weighted by Crippen LogP contribution is 2.23. The van der Waals surface area contributed by atoms with Crippen molar-refractivity contribution in [3.8, 4) is 5.75 Å². The molecule has 1 aliphatic rings. The molecular weight excluding hydrogens is 317 g/mol. The SMILES string of the molecule is O=C(c1ccccc1F)N1CCC(Oc2cccc(Cl)c2)CC1. The average Bonchev–Trinajstić information content (AvgIpc) is 2.55. The molecule has 0 aliphatic carbocycles. The molecule has 5 heteroatoms. The Balaban J connectivity index is 1.58. The molecule has 0 radical (unpaired) electrons. The lowest BCUT2D eigenvalue weighted by Crippen LogP contribution is -2.42. The van der Waals surface area contributed by atoms with E-state index in [4.69, 9.17) is 16.3 Å². The zero-order valence-corrected chi connectivity index (χ0v) is 13.3. The number of hydrogen-bond donors (Lipinski definition) is 0. The van der Waals surface area contributed by atoms with Crippen LogP contribution in [0.3, 0.4) is 0 Å². The van der Waals surface area contributed by atoms with Gasteiger partial charge in [0.05, 0.1) is 5.56 Å². The normalized spacial score (nSPS) is 15.5. The van der Waals surface area contributed by atoms with E-state index >= 15 is 0 Å². The third-order valence-corrected chi connectivity index (χ3v) is 4.17. The summed E-state index contributed by atoms with van der Waals surface area (Å²) in [5.74, 6) is -0.00418. The molecule has 3 nitrogen and oxygen atoms in total.